The molecule has 8 heteroatoms. The van der Waals surface area contributed by atoms with Crippen molar-refractivity contribution in [3.8, 4) is 10.6 Å². The number of hydrogen-bond donors (Lipinski definition) is 2. The summed E-state index contributed by atoms with van der Waals surface area (Å²) in [5, 5.41) is 8.71. The molecule has 0 aliphatic heterocycles. The van der Waals surface area contributed by atoms with E-state index in [1.54, 1.807) is 16.7 Å². The number of nitrogens with one attached hydrogen (secondary N) is 2. The smallest absolute Gasteiger partial charge is 0.230 e. The lowest BCUT2D eigenvalue weighted by atomic mass is 10.2. The minimum absolute atomic E-state index is 0.148. The molecule has 0 radical (unpaired) electrons. The quantitative estimate of drug-likeness (QED) is 0.481. The van der Waals surface area contributed by atoms with Crippen molar-refractivity contribution in [2.24, 2.45) is 0 Å². The third-order valence-electron chi connectivity index (χ3n) is 4.14. The lowest BCUT2D eigenvalue weighted by Gasteiger charge is -2.05. The third kappa shape index (κ3) is 4.67. The number of hydrogen-bond acceptors (Lipinski definition) is 6. The summed E-state index contributed by atoms with van der Waals surface area (Å²) in [7, 11) is 0. The zero-order valence-electron chi connectivity index (χ0n) is 15.9. The molecule has 4 aromatic rings. The van der Waals surface area contributed by atoms with Crippen LogP contribution in [0.4, 0.5) is 10.8 Å². The second kappa shape index (κ2) is 8.10. The summed E-state index contributed by atoms with van der Waals surface area (Å²) in [5.74, 6) is -0.341. The molecule has 0 saturated carbocycles. The summed E-state index contributed by atoms with van der Waals surface area (Å²) in [6.07, 6.45) is 0.148. The number of nitrogens with zero attached hydrogens (tertiary/aromatic N) is 2. The van der Waals surface area contributed by atoms with Crippen molar-refractivity contribution in [3.63, 3.8) is 0 Å². The number of thiazole rings is 2. The summed E-state index contributed by atoms with van der Waals surface area (Å²) in [5.41, 5.74) is 4.57. The summed E-state index contributed by atoms with van der Waals surface area (Å²) in [6, 6.07) is 13.9. The molecule has 0 unspecified atom stereocenters. The van der Waals surface area contributed by atoms with Gasteiger partial charge in [0.05, 0.1) is 22.3 Å². The Hall–Kier alpha value is -3.10. The molecule has 146 valence electrons. The summed E-state index contributed by atoms with van der Waals surface area (Å²) in [6.45, 7) is 3.50. The van der Waals surface area contributed by atoms with Gasteiger partial charge in [0.1, 0.15) is 5.01 Å². The van der Waals surface area contributed by atoms with Crippen LogP contribution in [-0.4, -0.2) is 21.8 Å². The molecular formula is C21H18N4O2S2. The van der Waals surface area contributed by atoms with Crippen LogP contribution in [0.1, 0.15) is 18.2 Å². The molecule has 0 fully saturated rings. The molecule has 4 rings (SSSR count). The average Bonchev–Trinajstić information content (AvgIpc) is 3.28. The van der Waals surface area contributed by atoms with E-state index in [0.717, 1.165) is 16.1 Å². The van der Waals surface area contributed by atoms with Crippen LogP contribution in [0.5, 0.6) is 0 Å². The Labute approximate surface area is 175 Å². The zero-order valence-corrected chi connectivity index (χ0v) is 17.5. The van der Waals surface area contributed by atoms with Crippen molar-refractivity contribution in [2.75, 3.05) is 10.6 Å². The molecular weight excluding hydrogens is 404 g/mol. The number of aromatic nitrogens is 2. The van der Waals surface area contributed by atoms with Gasteiger partial charge in [0.2, 0.25) is 11.8 Å². The predicted molar refractivity (Wildman–Crippen MR) is 119 cm³/mol. The molecule has 2 heterocycles. The van der Waals surface area contributed by atoms with Gasteiger partial charge >= 0.3 is 0 Å². The Morgan fingerprint density at radius 3 is 2.59 bits per heavy atom. The van der Waals surface area contributed by atoms with E-state index in [1.165, 1.54) is 28.5 Å². The first-order valence-corrected chi connectivity index (χ1v) is 10.7. The molecule has 0 atom stereocenters. The molecule has 0 spiro atoms. The van der Waals surface area contributed by atoms with Crippen LogP contribution in [0.3, 0.4) is 0 Å². The lowest BCUT2D eigenvalue weighted by Crippen LogP contribution is -2.14. The van der Waals surface area contributed by atoms with E-state index >= 15 is 0 Å². The summed E-state index contributed by atoms with van der Waals surface area (Å²) < 4.78 is 1.17. The van der Waals surface area contributed by atoms with Crippen LogP contribution in [0.25, 0.3) is 20.8 Å². The van der Waals surface area contributed by atoms with Gasteiger partial charge in [-0.2, -0.15) is 0 Å². The first-order chi connectivity index (χ1) is 14.0. The largest absolute Gasteiger partial charge is 0.326 e. The molecule has 0 aliphatic carbocycles. The monoisotopic (exact) mass is 422 g/mol. The minimum Gasteiger partial charge on any atom is -0.326 e. The van der Waals surface area contributed by atoms with Crippen molar-refractivity contribution in [1.82, 2.24) is 9.97 Å². The molecule has 0 saturated heterocycles. The second-order valence-electron chi connectivity index (χ2n) is 6.62. The van der Waals surface area contributed by atoms with Crippen molar-refractivity contribution in [1.29, 1.82) is 0 Å². The fourth-order valence-corrected chi connectivity index (χ4v) is 4.64. The Morgan fingerprint density at radius 1 is 1.03 bits per heavy atom. The van der Waals surface area contributed by atoms with Crippen LogP contribution in [0.15, 0.2) is 47.8 Å². The molecule has 2 N–H and O–H groups in total. The number of aryl methyl sites for hydroxylation is 1. The number of carbonyl (C=O) groups is 2. The van der Waals surface area contributed by atoms with Crippen LogP contribution < -0.4 is 10.6 Å². The molecule has 0 aliphatic rings. The van der Waals surface area contributed by atoms with Crippen molar-refractivity contribution < 1.29 is 9.59 Å². The number of fused-ring (bicyclic) bond motifs is 1. The zero-order chi connectivity index (χ0) is 20.4. The third-order valence-corrected chi connectivity index (χ3v) is 6.01. The van der Waals surface area contributed by atoms with Gasteiger partial charge in [0.25, 0.3) is 0 Å². The number of carbonyl (C=O) groups excluding carboxylic acids is 2. The highest BCUT2D eigenvalue weighted by atomic mass is 32.1. The molecule has 6 nitrogen and oxygen atoms in total. The average molecular weight is 423 g/mol. The van der Waals surface area contributed by atoms with E-state index in [1.807, 2.05) is 30.3 Å². The van der Waals surface area contributed by atoms with E-state index in [0.29, 0.717) is 16.5 Å². The van der Waals surface area contributed by atoms with Crippen LogP contribution >= 0.6 is 22.7 Å². The second-order valence-corrected chi connectivity index (χ2v) is 8.51. The van der Waals surface area contributed by atoms with Gasteiger partial charge < -0.3 is 10.6 Å². The molecule has 29 heavy (non-hydrogen) atoms. The molecule has 2 amide bonds. The maximum Gasteiger partial charge on any atom is 0.230 e. The molecule has 2 aromatic carbocycles. The fraction of sp³-hybridized carbons (Fsp3) is 0.143. The SMILES string of the molecule is CC(=O)Nc1nc(CC(=O)Nc2ccc(-c3nc4ccc(C)cc4s3)cc2)cs1. The predicted octanol–water partition coefficient (Wildman–Crippen LogP) is 4.87. The first-order valence-electron chi connectivity index (χ1n) is 8.96. The van der Waals surface area contributed by atoms with Crippen molar-refractivity contribution in [3.05, 3.63) is 59.1 Å². The van der Waals surface area contributed by atoms with Gasteiger partial charge in [-0.1, -0.05) is 6.07 Å². The van der Waals surface area contributed by atoms with E-state index in [9.17, 15) is 9.59 Å². The Morgan fingerprint density at radius 2 is 1.83 bits per heavy atom. The van der Waals surface area contributed by atoms with E-state index < -0.39 is 0 Å². The number of amides is 2. The van der Waals surface area contributed by atoms with Crippen molar-refractivity contribution >= 4 is 55.5 Å². The first kappa shape index (κ1) is 19.2. The van der Waals surface area contributed by atoms with Gasteiger partial charge in [0, 0.05) is 23.6 Å². The maximum absolute atomic E-state index is 12.3. The summed E-state index contributed by atoms with van der Waals surface area (Å²) >= 11 is 2.96. The number of benzene rings is 2. The molecule has 2 aromatic heterocycles. The van der Waals surface area contributed by atoms with Gasteiger partial charge in [-0.15, -0.1) is 22.7 Å². The Kier molecular flexibility index (Phi) is 5.37. The standard InChI is InChI=1S/C21H18N4O2S2/c1-12-3-8-17-18(9-12)29-20(25-17)14-4-6-15(7-5-14)23-19(27)10-16-11-28-21(24-16)22-13(2)26/h3-9,11H,10H2,1-2H3,(H,23,27)(H,22,24,26). The Balaban J connectivity index is 1.41. The summed E-state index contributed by atoms with van der Waals surface area (Å²) in [4.78, 5) is 32.2. The number of rotatable bonds is 5. The van der Waals surface area contributed by atoms with E-state index in [4.69, 9.17) is 0 Å². The van der Waals surface area contributed by atoms with Gasteiger partial charge in [-0.05, 0) is 48.9 Å². The van der Waals surface area contributed by atoms with E-state index in [2.05, 4.69) is 39.7 Å². The number of anilines is 2. The van der Waals surface area contributed by atoms with Gasteiger partial charge in [0.15, 0.2) is 5.13 Å². The highest BCUT2D eigenvalue weighted by Gasteiger charge is 2.10. The van der Waals surface area contributed by atoms with Crippen LogP contribution in [0, 0.1) is 6.92 Å². The van der Waals surface area contributed by atoms with Crippen LogP contribution in [0.2, 0.25) is 0 Å². The fourth-order valence-electron chi connectivity index (χ4n) is 2.82. The Bertz CT molecular complexity index is 1200. The highest BCUT2D eigenvalue weighted by Crippen LogP contribution is 2.31. The highest BCUT2D eigenvalue weighted by molar-refractivity contribution is 7.21. The van der Waals surface area contributed by atoms with Gasteiger partial charge in [-0.3, -0.25) is 9.59 Å². The van der Waals surface area contributed by atoms with Gasteiger partial charge in [-0.25, -0.2) is 9.97 Å². The van der Waals surface area contributed by atoms with Crippen LogP contribution in [-0.2, 0) is 16.0 Å². The lowest BCUT2D eigenvalue weighted by molar-refractivity contribution is -0.116. The van der Waals surface area contributed by atoms with Crippen molar-refractivity contribution in [2.45, 2.75) is 20.3 Å². The topological polar surface area (TPSA) is 84.0 Å². The minimum atomic E-state index is -0.182. The van der Waals surface area contributed by atoms with E-state index in [-0.39, 0.29) is 18.2 Å². The maximum atomic E-state index is 12.3. The normalized spacial score (nSPS) is 10.8. The molecule has 0 bridgehead atoms.